The summed E-state index contributed by atoms with van der Waals surface area (Å²) in [4.78, 5) is 0. The van der Waals surface area contributed by atoms with Crippen LogP contribution in [0.3, 0.4) is 0 Å². The first-order valence-corrected chi connectivity index (χ1v) is 7.50. The molecule has 0 saturated heterocycles. The third-order valence-corrected chi connectivity index (χ3v) is 4.09. The second-order valence-corrected chi connectivity index (χ2v) is 6.96. The summed E-state index contributed by atoms with van der Waals surface area (Å²) in [6.07, 6.45) is 0. The third-order valence-electron chi connectivity index (χ3n) is 3.48. The monoisotopic (exact) mass is 353 g/mol. The molecule has 0 aliphatic carbocycles. The van der Waals surface area contributed by atoms with Gasteiger partial charge in [-0.3, -0.25) is 0 Å². The van der Waals surface area contributed by atoms with E-state index in [1.807, 2.05) is 24.3 Å². The summed E-state index contributed by atoms with van der Waals surface area (Å²) in [6.45, 7) is 6.20. The molecular weight excluding hydrogens is 336 g/mol. The first-order valence-electron chi connectivity index (χ1n) is 6.71. The van der Waals surface area contributed by atoms with Gasteiger partial charge in [-0.1, -0.05) is 45.0 Å². The number of benzene rings is 2. The van der Waals surface area contributed by atoms with Crippen LogP contribution < -0.4 is 5.73 Å². The predicted octanol–water partition coefficient (Wildman–Crippen LogP) is 5.07. The maximum atomic E-state index is 14.1. The molecule has 2 aromatic rings. The molecule has 0 aromatic heterocycles. The van der Waals surface area contributed by atoms with Crippen LogP contribution in [0.1, 0.15) is 43.5 Å². The largest absolute Gasteiger partial charge is 0.320 e. The van der Waals surface area contributed by atoms with Gasteiger partial charge in [-0.2, -0.15) is 0 Å². The number of nitrogens with two attached hydrogens (primary N) is 1. The fourth-order valence-corrected chi connectivity index (χ4v) is 2.71. The molecule has 2 N–H and O–H groups in total. The summed E-state index contributed by atoms with van der Waals surface area (Å²) in [7, 11) is 0. The molecule has 0 amide bonds. The van der Waals surface area contributed by atoms with Gasteiger partial charge in [0.2, 0.25) is 0 Å². The van der Waals surface area contributed by atoms with Gasteiger partial charge in [-0.05, 0) is 44.6 Å². The molecule has 0 fully saturated rings. The van der Waals surface area contributed by atoms with Gasteiger partial charge in [-0.25, -0.2) is 8.78 Å². The molecule has 0 saturated carbocycles. The lowest BCUT2D eigenvalue weighted by Gasteiger charge is -2.26. The average molecular weight is 354 g/mol. The highest BCUT2D eigenvalue weighted by Crippen LogP contribution is 2.33. The summed E-state index contributed by atoms with van der Waals surface area (Å²) in [6, 6.07) is 9.19. The molecule has 0 bridgehead atoms. The summed E-state index contributed by atoms with van der Waals surface area (Å²) in [5.74, 6) is -1.03. The Morgan fingerprint density at radius 3 is 2.24 bits per heavy atom. The van der Waals surface area contributed by atoms with Crippen LogP contribution in [-0.2, 0) is 5.41 Å². The molecule has 21 heavy (non-hydrogen) atoms. The fourth-order valence-electron chi connectivity index (χ4n) is 2.40. The number of rotatable bonds is 2. The fraction of sp³-hybridized carbons (Fsp3) is 0.294. The molecule has 1 atom stereocenters. The molecule has 2 aromatic carbocycles. The summed E-state index contributed by atoms with van der Waals surface area (Å²) < 4.78 is 27.9. The Hall–Kier alpha value is -1.26. The second kappa shape index (κ2) is 5.85. The normalized spacial score (nSPS) is 13.3. The minimum Gasteiger partial charge on any atom is -0.320 e. The van der Waals surface area contributed by atoms with Crippen molar-refractivity contribution in [1.82, 2.24) is 0 Å². The molecule has 0 aliphatic rings. The number of hydrogen-bond acceptors (Lipinski definition) is 1. The van der Waals surface area contributed by atoms with Gasteiger partial charge < -0.3 is 5.73 Å². The highest BCUT2D eigenvalue weighted by molar-refractivity contribution is 9.10. The summed E-state index contributed by atoms with van der Waals surface area (Å²) >= 11 is 2.98. The van der Waals surface area contributed by atoms with E-state index in [4.69, 9.17) is 5.73 Å². The lowest BCUT2D eigenvalue weighted by atomic mass is 9.81. The van der Waals surface area contributed by atoms with Crippen LogP contribution in [-0.4, -0.2) is 0 Å². The van der Waals surface area contributed by atoms with Crippen LogP contribution >= 0.6 is 15.9 Å². The third kappa shape index (κ3) is 3.33. The standard InChI is InChI=1S/C17H18BrF2N/c1-17(2,3)12-7-5-4-6-10(12)16(21)11-8-15(20)13(18)9-14(11)19/h4-9,16H,21H2,1-3H3. The topological polar surface area (TPSA) is 26.0 Å². The van der Waals surface area contributed by atoms with Crippen LogP contribution in [0.2, 0.25) is 0 Å². The van der Waals surface area contributed by atoms with Crippen molar-refractivity contribution in [3.05, 3.63) is 69.2 Å². The van der Waals surface area contributed by atoms with E-state index >= 15 is 0 Å². The van der Waals surface area contributed by atoms with Crippen LogP contribution in [0.25, 0.3) is 0 Å². The molecule has 0 aliphatic heterocycles. The van der Waals surface area contributed by atoms with Crippen molar-refractivity contribution in [2.75, 3.05) is 0 Å². The predicted molar refractivity (Wildman–Crippen MR) is 85.2 cm³/mol. The van der Waals surface area contributed by atoms with E-state index in [9.17, 15) is 8.78 Å². The Labute approximate surface area is 132 Å². The zero-order valence-corrected chi connectivity index (χ0v) is 13.8. The Balaban J connectivity index is 2.56. The van der Waals surface area contributed by atoms with Crippen molar-refractivity contribution in [2.45, 2.75) is 32.2 Å². The van der Waals surface area contributed by atoms with Gasteiger partial charge in [-0.15, -0.1) is 0 Å². The minimum absolute atomic E-state index is 0.0973. The van der Waals surface area contributed by atoms with Crippen molar-refractivity contribution in [1.29, 1.82) is 0 Å². The average Bonchev–Trinajstić information content (AvgIpc) is 2.41. The zero-order valence-electron chi connectivity index (χ0n) is 12.3. The van der Waals surface area contributed by atoms with Crippen LogP contribution in [0.15, 0.2) is 40.9 Å². The Bertz CT molecular complexity index is 662. The molecule has 0 radical (unpaired) electrons. The van der Waals surface area contributed by atoms with E-state index in [2.05, 4.69) is 36.7 Å². The van der Waals surface area contributed by atoms with Crippen LogP contribution in [0, 0.1) is 11.6 Å². The van der Waals surface area contributed by atoms with E-state index in [-0.39, 0.29) is 15.5 Å². The van der Waals surface area contributed by atoms with Crippen molar-refractivity contribution in [3.8, 4) is 0 Å². The van der Waals surface area contributed by atoms with E-state index in [0.717, 1.165) is 23.3 Å². The lowest BCUT2D eigenvalue weighted by molar-refractivity contribution is 0.558. The Morgan fingerprint density at radius 1 is 1.00 bits per heavy atom. The van der Waals surface area contributed by atoms with Gasteiger partial charge in [0.1, 0.15) is 11.6 Å². The maximum absolute atomic E-state index is 14.1. The van der Waals surface area contributed by atoms with E-state index < -0.39 is 17.7 Å². The van der Waals surface area contributed by atoms with Gasteiger partial charge >= 0.3 is 0 Å². The van der Waals surface area contributed by atoms with E-state index in [1.165, 1.54) is 0 Å². The lowest BCUT2D eigenvalue weighted by Crippen LogP contribution is -2.21. The van der Waals surface area contributed by atoms with Crippen molar-refractivity contribution >= 4 is 15.9 Å². The van der Waals surface area contributed by atoms with Crippen molar-refractivity contribution in [3.63, 3.8) is 0 Å². The maximum Gasteiger partial charge on any atom is 0.137 e. The molecule has 1 nitrogen and oxygen atoms in total. The van der Waals surface area contributed by atoms with Gasteiger partial charge in [0.05, 0.1) is 10.5 Å². The van der Waals surface area contributed by atoms with Crippen molar-refractivity contribution < 1.29 is 8.78 Å². The smallest absolute Gasteiger partial charge is 0.137 e. The SMILES string of the molecule is CC(C)(C)c1ccccc1C(N)c1cc(F)c(Br)cc1F. The summed E-state index contributed by atoms with van der Waals surface area (Å²) in [5, 5.41) is 0. The second-order valence-electron chi connectivity index (χ2n) is 6.10. The highest BCUT2D eigenvalue weighted by atomic mass is 79.9. The quantitative estimate of drug-likeness (QED) is 0.749. The molecular formula is C17H18BrF2N. The highest BCUT2D eigenvalue weighted by Gasteiger charge is 2.23. The summed E-state index contributed by atoms with van der Waals surface area (Å²) in [5.41, 5.74) is 8.08. The molecule has 2 rings (SSSR count). The Kier molecular flexibility index (Phi) is 4.49. The number of hydrogen-bond donors (Lipinski definition) is 1. The van der Waals surface area contributed by atoms with Crippen molar-refractivity contribution in [2.24, 2.45) is 5.73 Å². The van der Waals surface area contributed by atoms with Gasteiger partial charge in [0.15, 0.2) is 0 Å². The van der Waals surface area contributed by atoms with Crippen LogP contribution in [0.4, 0.5) is 8.78 Å². The van der Waals surface area contributed by atoms with E-state index in [0.29, 0.717) is 0 Å². The first kappa shape index (κ1) is 16.1. The molecule has 1 unspecified atom stereocenters. The molecule has 0 heterocycles. The zero-order chi connectivity index (χ0) is 15.8. The molecule has 112 valence electrons. The van der Waals surface area contributed by atoms with Gasteiger partial charge in [0, 0.05) is 5.56 Å². The molecule has 4 heteroatoms. The van der Waals surface area contributed by atoms with E-state index in [1.54, 1.807) is 0 Å². The first-order chi connectivity index (χ1) is 9.71. The van der Waals surface area contributed by atoms with Crippen LogP contribution in [0.5, 0.6) is 0 Å². The van der Waals surface area contributed by atoms with Gasteiger partial charge in [0.25, 0.3) is 0 Å². The Morgan fingerprint density at radius 2 is 1.62 bits per heavy atom. The minimum atomic E-state index is -0.706. The molecule has 0 spiro atoms. The number of halogens is 3.